The number of fused-ring (bicyclic) bond motifs is 1. The average Bonchev–Trinajstić information content (AvgIpc) is 2.33. The van der Waals surface area contributed by atoms with Gasteiger partial charge >= 0.3 is 0 Å². The lowest BCUT2D eigenvalue weighted by atomic mass is 10.2. The van der Waals surface area contributed by atoms with Crippen LogP contribution in [0.3, 0.4) is 0 Å². The SMILES string of the molecule is C1=Cc2cc[nH]c2CN1. The first-order valence-electron chi connectivity index (χ1n) is 3.03. The van der Waals surface area contributed by atoms with Gasteiger partial charge in [-0.2, -0.15) is 0 Å². The van der Waals surface area contributed by atoms with E-state index in [4.69, 9.17) is 0 Å². The van der Waals surface area contributed by atoms with Gasteiger partial charge in [-0.1, -0.05) is 0 Å². The van der Waals surface area contributed by atoms with Gasteiger partial charge in [0.1, 0.15) is 0 Å². The smallest absolute Gasteiger partial charge is 0.0551 e. The molecule has 1 aromatic rings. The Morgan fingerprint density at radius 2 is 2.44 bits per heavy atom. The molecule has 0 saturated carbocycles. The first kappa shape index (κ1) is 4.68. The van der Waals surface area contributed by atoms with Crippen LogP contribution in [0.2, 0.25) is 0 Å². The van der Waals surface area contributed by atoms with Gasteiger partial charge in [-0.25, -0.2) is 0 Å². The Hall–Kier alpha value is -1.18. The summed E-state index contributed by atoms with van der Waals surface area (Å²) in [4.78, 5) is 3.14. The van der Waals surface area contributed by atoms with Crippen LogP contribution in [-0.4, -0.2) is 4.98 Å². The van der Waals surface area contributed by atoms with Crippen molar-refractivity contribution in [1.29, 1.82) is 0 Å². The highest BCUT2D eigenvalue weighted by Crippen LogP contribution is 2.10. The second-order valence-corrected chi connectivity index (χ2v) is 2.13. The lowest BCUT2D eigenvalue weighted by molar-refractivity contribution is 0.834. The van der Waals surface area contributed by atoms with Crippen LogP contribution in [0.1, 0.15) is 11.3 Å². The maximum atomic E-state index is 3.14. The van der Waals surface area contributed by atoms with E-state index >= 15 is 0 Å². The third-order valence-corrected chi connectivity index (χ3v) is 1.53. The lowest BCUT2D eigenvalue weighted by Gasteiger charge is -2.05. The zero-order valence-electron chi connectivity index (χ0n) is 5.02. The molecule has 0 fully saturated rings. The first-order valence-corrected chi connectivity index (χ1v) is 3.03. The molecule has 1 aromatic heterocycles. The molecule has 2 heteroatoms. The summed E-state index contributed by atoms with van der Waals surface area (Å²) in [5, 5.41) is 3.12. The van der Waals surface area contributed by atoms with Crippen LogP contribution in [-0.2, 0) is 6.54 Å². The summed E-state index contributed by atoms with van der Waals surface area (Å²) < 4.78 is 0. The highest BCUT2D eigenvalue weighted by Gasteiger charge is 2.01. The Bertz CT molecular complexity index is 235. The van der Waals surface area contributed by atoms with Crippen LogP contribution >= 0.6 is 0 Å². The van der Waals surface area contributed by atoms with Crippen molar-refractivity contribution >= 4 is 6.08 Å². The van der Waals surface area contributed by atoms with Crippen molar-refractivity contribution in [3.63, 3.8) is 0 Å². The summed E-state index contributed by atoms with van der Waals surface area (Å²) in [5.74, 6) is 0. The minimum Gasteiger partial charge on any atom is -0.385 e. The molecule has 0 saturated heterocycles. The average molecular weight is 120 g/mol. The van der Waals surface area contributed by atoms with Gasteiger partial charge in [0.15, 0.2) is 0 Å². The van der Waals surface area contributed by atoms with Crippen molar-refractivity contribution in [2.75, 3.05) is 0 Å². The molecule has 2 rings (SSSR count). The Morgan fingerprint density at radius 1 is 1.44 bits per heavy atom. The fourth-order valence-corrected chi connectivity index (χ4v) is 1.03. The summed E-state index contributed by atoms with van der Waals surface area (Å²) in [6.07, 6.45) is 5.99. The summed E-state index contributed by atoms with van der Waals surface area (Å²) in [6, 6.07) is 2.08. The largest absolute Gasteiger partial charge is 0.385 e. The van der Waals surface area contributed by atoms with Crippen molar-refractivity contribution < 1.29 is 0 Å². The highest BCUT2D eigenvalue weighted by atomic mass is 14.9. The number of rotatable bonds is 0. The third-order valence-electron chi connectivity index (χ3n) is 1.53. The molecule has 0 amide bonds. The molecule has 0 unspecified atom stereocenters. The highest BCUT2D eigenvalue weighted by molar-refractivity contribution is 5.53. The monoisotopic (exact) mass is 120 g/mol. The molecular formula is C7H8N2. The molecule has 0 aliphatic carbocycles. The van der Waals surface area contributed by atoms with E-state index in [1.807, 2.05) is 12.4 Å². The minimum atomic E-state index is 0.929. The van der Waals surface area contributed by atoms with Crippen molar-refractivity contribution in [3.05, 3.63) is 29.7 Å². The van der Waals surface area contributed by atoms with Crippen LogP contribution in [0.15, 0.2) is 18.5 Å². The molecule has 2 heterocycles. The number of nitrogens with one attached hydrogen (secondary N) is 2. The van der Waals surface area contributed by atoms with E-state index < -0.39 is 0 Å². The predicted octanol–water partition coefficient (Wildman–Crippen LogP) is 1.09. The normalized spacial score (nSPS) is 14.7. The van der Waals surface area contributed by atoms with E-state index in [2.05, 4.69) is 22.4 Å². The van der Waals surface area contributed by atoms with E-state index in [-0.39, 0.29) is 0 Å². The molecule has 0 spiro atoms. The number of hydrogen-bond donors (Lipinski definition) is 2. The second-order valence-electron chi connectivity index (χ2n) is 2.13. The lowest BCUT2D eigenvalue weighted by Crippen LogP contribution is -2.09. The van der Waals surface area contributed by atoms with E-state index in [1.54, 1.807) is 0 Å². The Balaban J connectivity index is 2.53. The van der Waals surface area contributed by atoms with Crippen molar-refractivity contribution in [2.24, 2.45) is 0 Å². The van der Waals surface area contributed by atoms with Gasteiger partial charge in [-0.05, 0) is 23.9 Å². The van der Waals surface area contributed by atoms with Crippen molar-refractivity contribution in [2.45, 2.75) is 6.54 Å². The van der Waals surface area contributed by atoms with Gasteiger partial charge in [0.2, 0.25) is 0 Å². The fraction of sp³-hybridized carbons (Fsp3) is 0.143. The molecule has 1 aliphatic rings. The van der Waals surface area contributed by atoms with Crippen molar-refractivity contribution in [1.82, 2.24) is 10.3 Å². The van der Waals surface area contributed by atoms with Gasteiger partial charge in [-0.3, -0.25) is 0 Å². The van der Waals surface area contributed by atoms with Crippen LogP contribution in [0.4, 0.5) is 0 Å². The van der Waals surface area contributed by atoms with Gasteiger partial charge in [0.25, 0.3) is 0 Å². The summed E-state index contributed by atoms with van der Waals surface area (Å²) in [5.41, 5.74) is 2.58. The molecule has 0 bridgehead atoms. The van der Waals surface area contributed by atoms with Gasteiger partial charge < -0.3 is 10.3 Å². The molecule has 1 aliphatic heterocycles. The molecule has 0 aromatic carbocycles. The number of aromatic amines is 1. The van der Waals surface area contributed by atoms with E-state index in [1.165, 1.54) is 11.3 Å². The van der Waals surface area contributed by atoms with Crippen LogP contribution in [0.5, 0.6) is 0 Å². The summed E-state index contributed by atoms with van der Waals surface area (Å²) in [6.45, 7) is 0.929. The maximum absolute atomic E-state index is 3.14. The standard InChI is InChI=1S/C7H8N2/c1-3-8-5-7-6(1)2-4-9-7/h1-4,8-9H,5H2. The third kappa shape index (κ3) is 0.633. The molecule has 46 valence electrons. The van der Waals surface area contributed by atoms with E-state index in [0.717, 1.165) is 6.54 Å². The first-order chi connectivity index (χ1) is 4.47. The Labute approximate surface area is 53.6 Å². The quantitative estimate of drug-likeness (QED) is 0.527. The van der Waals surface area contributed by atoms with E-state index in [0.29, 0.717) is 0 Å². The molecule has 0 radical (unpaired) electrons. The second kappa shape index (κ2) is 1.65. The van der Waals surface area contributed by atoms with Crippen LogP contribution in [0.25, 0.3) is 6.08 Å². The van der Waals surface area contributed by atoms with Crippen LogP contribution in [0, 0.1) is 0 Å². The Morgan fingerprint density at radius 3 is 3.33 bits per heavy atom. The Kier molecular flexibility index (Phi) is 0.859. The topological polar surface area (TPSA) is 27.8 Å². The van der Waals surface area contributed by atoms with E-state index in [9.17, 15) is 0 Å². The van der Waals surface area contributed by atoms with Gasteiger partial charge in [0, 0.05) is 11.9 Å². The molecule has 2 nitrogen and oxygen atoms in total. The molecule has 9 heavy (non-hydrogen) atoms. The predicted molar refractivity (Wildman–Crippen MR) is 36.7 cm³/mol. The van der Waals surface area contributed by atoms with Crippen LogP contribution < -0.4 is 5.32 Å². The zero-order valence-corrected chi connectivity index (χ0v) is 5.02. The summed E-state index contributed by atoms with van der Waals surface area (Å²) >= 11 is 0. The van der Waals surface area contributed by atoms with Gasteiger partial charge in [0.05, 0.1) is 6.54 Å². The zero-order chi connectivity index (χ0) is 6.10. The number of aromatic nitrogens is 1. The number of H-pyrrole nitrogens is 1. The molecule has 2 N–H and O–H groups in total. The van der Waals surface area contributed by atoms with Gasteiger partial charge in [-0.15, -0.1) is 0 Å². The van der Waals surface area contributed by atoms with Crippen molar-refractivity contribution in [3.8, 4) is 0 Å². The minimum absolute atomic E-state index is 0.929. The molecule has 0 atom stereocenters. The summed E-state index contributed by atoms with van der Waals surface area (Å²) in [7, 11) is 0. The molecular weight excluding hydrogens is 112 g/mol. The maximum Gasteiger partial charge on any atom is 0.0551 e. The fourth-order valence-electron chi connectivity index (χ4n) is 1.03. The number of hydrogen-bond acceptors (Lipinski definition) is 1.